The number of benzene rings is 1. The highest BCUT2D eigenvalue weighted by molar-refractivity contribution is 6.02. The maximum absolute atomic E-state index is 14.1. The summed E-state index contributed by atoms with van der Waals surface area (Å²) in [4.78, 5) is 74.6. The number of carbonyl (C=O) groups is 5. The minimum absolute atomic E-state index is 0.00600. The summed E-state index contributed by atoms with van der Waals surface area (Å²) in [5.74, 6) is -3.55. The van der Waals surface area contributed by atoms with Crippen molar-refractivity contribution < 1.29 is 43.7 Å². The van der Waals surface area contributed by atoms with Crippen molar-refractivity contribution in [3.8, 4) is 5.75 Å². The Kier molecular flexibility index (Phi) is 16.1. The molecular formula is C45H64N4O9. The number of phenols is 1. The van der Waals surface area contributed by atoms with Crippen molar-refractivity contribution in [1.29, 1.82) is 0 Å². The quantitative estimate of drug-likeness (QED) is 0.0706. The second kappa shape index (κ2) is 20.9. The smallest absolute Gasteiger partial charge is 0.355 e. The first-order valence-corrected chi connectivity index (χ1v) is 21.6. The number of aromatic hydroxyl groups is 1. The van der Waals surface area contributed by atoms with Crippen LogP contribution in [0.5, 0.6) is 5.75 Å². The van der Waals surface area contributed by atoms with Crippen molar-refractivity contribution in [3.05, 3.63) is 46.2 Å². The molecular weight excluding hydrogens is 741 g/mol. The zero-order chi connectivity index (χ0) is 41.8. The number of carbonyl (C=O) groups excluding carboxylic acids is 4. The van der Waals surface area contributed by atoms with Crippen molar-refractivity contribution >= 4 is 40.6 Å². The molecule has 2 aromatic rings. The van der Waals surface area contributed by atoms with Gasteiger partial charge in [-0.2, -0.15) is 0 Å². The standard InChI is InChI=1S/C45H64N4O9/c1-5-7-8-9-10-11-12-13-14-15-16-17-18-19-20-37(43(54)55)46-39(51)23-24-40(52)58-45(6-2)35-26-38-41-33(28-49(38)42(53)34(35)29-57-44(45)56)32(27-48(3)4)31-25-30(50)21-22-36(31)47-41/h21-22,25,37-38,50H,5-20,23-24,26-29H2,1-4H3,(H,46,51)(H,54,55)/t37?,38?,45-/m0/s1. The molecule has 0 saturated heterocycles. The first-order valence-electron chi connectivity index (χ1n) is 21.6. The summed E-state index contributed by atoms with van der Waals surface area (Å²) in [6, 6.07) is 3.41. The van der Waals surface area contributed by atoms with Crippen LogP contribution in [0.1, 0.15) is 159 Å². The number of aromatic nitrogens is 1. The number of fused-ring (bicyclic) bond motifs is 4. The van der Waals surface area contributed by atoms with Crippen LogP contribution >= 0.6 is 0 Å². The van der Waals surface area contributed by atoms with E-state index < -0.39 is 47.9 Å². The van der Waals surface area contributed by atoms with Gasteiger partial charge in [-0.15, -0.1) is 0 Å². The second-order valence-electron chi connectivity index (χ2n) is 16.6. The molecule has 0 spiro atoms. The summed E-state index contributed by atoms with van der Waals surface area (Å²) < 4.78 is 11.4. The van der Waals surface area contributed by atoms with Crippen LogP contribution in [-0.4, -0.2) is 87.1 Å². The largest absolute Gasteiger partial charge is 0.508 e. The fraction of sp³-hybridized carbons (Fsp3) is 0.644. The summed E-state index contributed by atoms with van der Waals surface area (Å²) in [6.45, 7) is 4.50. The number of hydrogen-bond acceptors (Lipinski definition) is 10. The van der Waals surface area contributed by atoms with Crippen molar-refractivity contribution in [3.63, 3.8) is 0 Å². The van der Waals surface area contributed by atoms with E-state index in [1.807, 2.05) is 19.0 Å². The molecule has 13 nitrogen and oxygen atoms in total. The molecule has 0 saturated carbocycles. The summed E-state index contributed by atoms with van der Waals surface area (Å²) in [6.07, 6.45) is 16.4. The first kappa shape index (κ1) is 44.6. The number of ether oxygens (including phenoxy) is 2. The minimum atomic E-state index is -1.86. The van der Waals surface area contributed by atoms with E-state index in [1.54, 1.807) is 30.0 Å². The number of amides is 2. The Balaban J connectivity index is 1.14. The molecule has 318 valence electrons. The number of esters is 2. The van der Waals surface area contributed by atoms with Crippen LogP contribution in [0, 0.1) is 0 Å². The summed E-state index contributed by atoms with van der Waals surface area (Å²) in [5, 5.41) is 23.4. The number of aliphatic carboxylic acids is 1. The molecule has 0 fully saturated rings. The van der Waals surface area contributed by atoms with Gasteiger partial charge in [0.25, 0.3) is 5.91 Å². The van der Waals surface area contributed by atoms with Gasteiger partial charge in [0.1, 0.15) is 18.4 Å². The number of rotatable bonds is 24. The fourth-order valence-electron chi connectivity index (χ4n) is 8.79. The van der Waals surface area contributed by atoms with Crippen molar-refractivity contribution in [1.82, 2.24) is 20.1 Å². The van der Waals surface area contributed by atoms with E-state index in [9.17, 15) is 34.2 Å². The molecule has 3 aliphatic rings. The Bertz CT molecular complexity index is 1840. The third kappa shape index (κ3) is 10.7. The number of unbranched alkanes of at least 4 members (excludes halogenated alkanes) is 13. The Labute approximate surface area is 342 Å². The highest BCUT2D eigenvalue weighted by atomic mass is 16.6. The molecule has 58 heavy (non-hydrogen) atoms. The Morgan fingerprint density at radius 3 is 2.21 bits per heavy atom. The summed E-state index contributed by atoms with van der Waals surface area (Å²) in [7, 11) is 3.88. The number of cyclic esters (lactones) is 1. The molecule has 2 unspecified atom stereocenters. The second-order valence-corrected chi connectivity index (χ2v) is 16.6. The average Bonchev–Trinajstić information content (AvgIpc) is 3.56. The minimum Gasteiger partial charge on any atom is -0.508 e. The monoisotopic (exact) mass is 804 g/mol. The topological polar surface area (TPSA) is 176 Å². The van der Waals surface area contributed by atoms with E-state index >= 15 is 0 Å². The lowest BCUT2D eigenvalue weighted by atomic mass is 9.78. The van der Waals surface area contributed by atoms with Gasteiger partial charge < -0.3 is 34.8 Å². The van der Waals surface area contributed by atoms with Gasteiger partial charge in [0, 0.05) is 30.5 Å². The number of pyridine rings is 1. The van der Waals surface area contributed by atoms with E-state index in [1.165, 1.54) is 64.2 Å². The molecule has 0 aliphatic carbocycles. The molecule has 13 heteroatoms. The van der Waals surface area contributed by atoms with Gasteiger partial charge in [-0.25, -0.2) is 9.59 Å². The van der Waals surface area contributed by atoms with E-state index in [4.69, 9.17) is 14.5 Å². The number of carboxylic acid groups (broad SMARTS) is 1. The SMILES string of the molecule is CCCCCCCCCCCCCCCCC(NC(=O)CCC(=O)O[C@]1(CC)C(=O)OCC2=C1CC1c3nc4ccc(O)cc4c(CN(C)C)c3CN1C2=O)C(=O)O. The molecule has 1 aromatic heterocycles. The van der Waals surface area contributed by atoms with Gasteiger partial charge in [0.2, 0.25) is 11.5 Å². The lowest BCUT2D eigenvalue weighted by molar-refractivity contribution is -0.182. The van der Waals surface area contributed by atoms with Crippen LogP contribution in [-0.2, 0) is 46.5 Å². The first-order chi connectivity index (χ1) is 27.9. The average molecular weight is 805 g/mol. The molecule has 5 rings (SSSR count). The Morgan fingerprint density at radius 1 is 0.966 bits per heavy atom. The highest BCUT2D eigenvalue weighted by Gasteiger charge is 2.56. The van der Waals surface area contributed by atoms with Crippen molar-refractivity contribution in [2.24, 2.45) is 0 Å². The van der Waals surface area contributed by atoms with Crippen LogP contribution < -0.4 is 5.32 Å². The zero-order valence-electron chi connectivity index (χ0n) is 35.0. The van der Waals surface area contributed by atoms with Crippen LogP contribution in [0.2, 0.25) is 0 Å². The molecule has 4 heterocycles. The molecule has 3 aliphatic heterocycles. The predicted molar refractivity (Wildman–Crippen MR) is 220 cm³/mol. The normalized spacial score (nSPS) is 19.2. The highest BCUT2D eigenvalue weighted by Crippen LogP contribution is 2.49. The van der Waals surface area contributed by atoms with E-state index in [0.717, 1.165) is 35.8 Å². The maximum Gasteiger partial charge on any atom is 0.355 e. The lowest BCUT2D eigenvalue weighted by Crippen LogP contribution is -2.54. The van der Waals surface area contributed by atoms with E-state index in [0.29, 0.717) is 36.2 Å². The summed E-state index contributed by atoms with van der Waals surface area (Å²) in [5.41, 5.74) is 1.98. The van der Waals surface area contributed by atoms with Crippen LogP contribution in [0.15, 0.2) is 29.3 Å². The molecule has 1 aromatic carbocycles. The van der Waals surface area contributed by atoms with Crippen LogP contribution in [0.3, 0.4) is 0 Å². The molecule has 3 atom stereocenters. The molecule has 2 amide bonds. The van der Waals surface area contributed by atoms with E-state index in [-0.39, 0.29) is 49.6 Å². The molecule has 0 radical (unpaired) electrons. The fourth-order valence-corrected chi connectivity index (χ4v) is 8.79. The molecule has 3 N–H and O–H groups in total. The summed E-state index contributed by atoms with van der Waals surface area (Å²) >= 11 is 0. The number of nitrogens with zero attached hydrogens (tertiary/aromatic N) is 3. The van der Waals surface area contributed by atoms with Crippen molar-refractivity contribution in [2.75, 3.05) is 20.7 Å². The zero-order valence-corrected chi connectivity index (χ0v) is 35.0. The number of hydrogen-bond donors (Lipinski definition) is 3. The Morgan fingerprint density at radius 2 is 1.60 bits per heavy atom. The van der Waals surface area contributed by atoms with Gasteiger partial charge in [-0.05, 0) is 62.7 Å². The third-order valence-corrected chi connectivity index (χ3v) is 12.0. The van der Waals surface area contributed by atoms with Gasteiger partial charge in [-0.1, -0.05) is 104 Å². The van der Waals surface area contributed by atoms with Gasteiger partial charge in [-0.3, -0.25) is 19.4 Å². The Hall–Kier alpha value is -4.52. The number of nitrogens with one attached hydrogen (secondary N) is 1. The van der Waals surface area contributed by atoms with Gasteiger partial charge in [0.05, 0.1) is 29.2 Å². The number of phenolic OH excluding ortho intramolecular Hbond substituents is 1. The lowest BCUT2D eigenvalue weighted by Gasteiger charge is -2.42. The van der Waals surface area contributed by atoms with Crippen molar-refractivity contribution in [2.45, 2.75) is 167 Å². The van der Waals surface area contributed by atoms with Crippen LogP contribution in [0.25, 0.3) is 10.9 Å². The predicted octanol–water partition coefficient (Wildman–Crippen LogP) is 7.56. The number of carboxylic acids is 1. The van der Waals surface area contributed by atoms with Gasteiger partial charge >= 0.3 is 17.9 Å². The van der Waals surface area contributed by atoms with Gasteiger partial charge in [0.15, 0.2) is 0 Å². The van der Waals surface area contributed by atoms with E-state index in [2.05, 4.69) is 12.2 Å². The maximum atomic E-state index is 14.1. The van der Waals surface area contributed by atoms with Crippen LogP contribution in [0.4, 0.5) is 0 Å². The third-order valence-electron chi connectivity index (χ3n) is 12.0. The molecule has 0 bridgehead atoms.